The van der Waals surface area contributed by atoms with E-state index in [-0.39, 0.29) is 34.1 Å². The number of halogens is 1. The molecule has 7 nitrogen and oxygen atoms in total. The summed E-state index contributed by atoms with van der Waals surface area (Å²) in [4.78, 5) is 37.2. The molecule has 1 heterocycles. The predicted molar refractivity (Wildman–Crippen MR) is 90.4 cm³/mol. The van der Waals surface area contributed by atoms with Gasteiger partial charge in [0.2, 0.25) is 0 Å². The largest absolute Gasteiger partial charge is 0.467 e. The second-order valence-corrected chi connectivity index (χ2v) is 6.93. The van der Waals surface area contributed by atoms with Gasteiger partial charge in [-0.1, -0.05) is 24.4 Å². The Kier molecular flexibility index (Phi) is 4.94. The molecule has 1 amide bonds. The van der Waals surface area contributed by atoms with Gasteiger partial charge in [-0.2, -0.15) is 0 Å². The maximum atomic E-state index is 13.1. The molecule has 1 aliphatic carbocycles. The lowest BCUT2D eigenvalue weighted by Gasteiger charge is -2.33. The number of benzene rings is 1. The molecule has 8 heteroatoms. The van der Waals surface area contributed by atoms with Gasteiger partial charge in [-0.25, -0.2) is 4.79 Å². The van der Waals surface area contributed by atoms with Crippen LogP contribution in [0.2, 0.25) is 5.02 Å². The molecule has 3 atom stereocenters. The van der Waals surface area contributed by atoms with Crippen LogP contribution in [0.15, 0.2) is 18.2 Å². The third-order valence-corrected chi connectivity index (χ3v) is 5.50. The van der Waals surface area contributed by atoms with Crippen LogP contribution in [0, 0.1) is 16.0 Å². The number of nitro groups is 1. The Morgan fingerprint density at radius 1 is 1.32 bits per heavy atom. The van der Waals surface area contributed by atoms with E-state index in [9.17, 15) is 19.7 Å². The Labute approximate surface area is 150 Å². The molecule has 1 saturated heterocycles. The number of carbonyl (C=O) groups is 2. The number of methoxy groups -OCH3 is 1. The van der Waals surface area contributed by atoms with Gasteiger partial charge < -0.3 is 9.64 Å². The van der Waals surface area contributed by atoms with E-state index in [0.29, 0.717) is 6.42 Å². The second-order valence-electron chi connectivity index (χ2n) is 6.52. The first-order valence-electron chi connectivity index (χ1n) is 8.28. The van der Waals surface area contributed by atoms with Crippen molar-refractivity contribution in [2.75, 3.05) is 7.11 Å². The highest BCUT2D eigenvalue weighted by molar-refractivity contribution is 6.34. The highest BCUT2D eigenvalue weighted by Crippen LogP contribution is 2.41. The molecule has 0 bridgehead atoms. The van der Waals surface area contributed by atoms with Crippen LogP contribution in [-0.2, 0) is 9.53 Å². The van der Waals surface area contributed by atoms with Gasteiger partial charge in [-0.15, -0.1) is 0 Å². The molecule has 2 aliphatic rings. The number of hydrogen-bond acceptors (Lipinski definition) is 5. The van der Waals surface area contributed by atoms with Crippen LogP contribution in [0.1, 0.15) is 42.5 Å². The summed E-state index contributed by atoms with van der Waals surface area (Å²) in [5, 5.41) is 10.9. The standard InChI is InChI=1S/C17H19ClN2O5/c1-25-17(22)15-8-10-4-2-3-5-14(10)19(15)16(21)12-7-6-11(20(23)24)9-13(12)18/h6-7,9-10,14-15H,2-5,8H2,1H3/t10-,14-,15-/m0/s1. The molecule has 0 unspecified atom stereocenters. The van der Waals surface area contributed by atoms with Crippen molar-refractivity contribution in [3.8, 4) is 0 Å². The number of likely N-dealkylation sites (tertiary alicyclic amines) is 1. The molecule has 1 aromatic rings. The molecular formula is C17H19ClN2O5. The zero-order valence-electron chi connectivity index (χ0n) is 13.8. The fraction of sp³-hybridized carbons (Fsp3) is 0.529. The highest BCUT2D eigenvalue weighted by atomic mass is 35.5. The van der Waals surface area contributed by atoms with E-state index in [4.69, 9.17) is 16.3 Å². The fourth-order valence-electron chi connectivity index (χ4n) is 4.03. The third-order valence-electron chi connectivity index (χ3n) is 5.19. The zero-order chi connectivity index (χ0) is 18.1. The molecule has 134 valence electrons. The van der Waals surface area contributed by atoms with Gasteiger partial charge in [-0.3, -0.25) is 14.9 Å². The average molecular weight is 367 g/mol. The third kappa shape index (κ3) is 3.20. The Morgan fingerprint density at radius 3 is 2.68 bits per heavy atom. The Hall–Kier alpha value is -2.15. The topological polar surface area (TPSA) is 89.8 Å². The van der Waals surface area contributed by atoms with Crippen molar-refractivity contribution in [3.63, 3.8) is 0 Å². The van der Waals surface area contributed by atoms with Crippen LogP contribution in [-0.4, -0.2) is 40.9 Å². The summed E-state index contributed by atoms with van der Waals surface area (Å²) < 4.78 is 4.88. The van der Waals surface area contributed by atoms with Gasteiger partial charge in [0, 0.05) is 18.2 Å². The van der Waals surface area contributed by atoms with Crippen molar-refractivity contribution >= 4 is 29.2 Å². The van der Waals surface area contributed by atoms with Gasteiger partial charge in [0.15, 0.2) is 0 Å². The maximum Gasteiger partial charge on any atom is 0.328 e. The second kappa shape index (κ2) is 7.00. The minimum absolute atomic E-state index is 0.0158. The van der Waals surface area contributed by atoms with E-state index >= 15 is 0 Å². The Balaban J connectivity index is 1.95. The SMILES string of the molecule is COC(=O)[C@@H]1C[C@@H]2CCCC[C@@H]2N1C(=O)c1ccc([N+](=O)[O-])cc1Cl. The van der Waals surface area contributed by atoms with Gasteiger partial charge in [0.05, 0.1) is 22.6 Å². The lowest BCUT2D eigenvalue weighted by Crippen LogP contribution is -2.46. The van der Waals surface area contributed by atoms with Crippen molar-refractivity contribution in [2.45, 2.75) is 44.2 Å². The first-order chi connectivity index (χ1) is 11.9. The first-order valence-corrected chi connectivity index (χ1v) is 8.66. The first kappa shape index (κ1) is 17.7. The van der Waals surface area contributed by atoms with Gasteiger partial charge in [-0.05, 0) is 31.2 Å². The van der Waals surface area contributed by atoms with Crippen LogP contribution >= 0.6 is 11.6 Å². The zero-order valence-corrected chi connectivity index (χ0v) is 14.6. The number of carbonyl (C=O) groups excluding carboxylic acids is 2. The van der Waals surface area contributed by atoms with E-state index in [0.717, 1.165) is 31.7 Å². The molecule has 3 rings (SSSR count). The summed E-state index contributed by atoms with van der Waals surface area (Å²) >= 11 is 6.11. The molecule has 0 aromatic heterocycles. The number of nitro benzene ring substituents is 1. The Bertz CT molecular complexity index is 723. The Morgan fingerprint density at radius 2 is 2.04 bits per heavy atom. The smallest absolute Gasteiger partial charge is 0.328 e. The number of amides is 1. The number of ether oxygens (including phenoxy) is 1. The van der Waals surface area contributed by atoms with Crippen LogP contribution < -0.4 is 0 Å². The lowest BCUT2D eigenvalue weighted by atomic mass is 9.84. The molecule has 1 saturated carbocycles. The number of hydrogen-bond donors (Lipinski definition) is 0. The quantitative estimate of drug-likeness (QED) is 0.465. The number of non-ortho nitro benzene ring substituents is 1. The van der Waals surface area contributed by atoms with Crippen LogP contribution in [0.4, 0.5) is 5.69 Å². The van der Waals surface area contributed by atoms with Crippen molar-refractivity contribution in [3.05, 3.63) is 38.9 Å². The van der Waals surface area contributed by atoms with Crippen LogP contribution in [0.3, 0.4) is 0 Å². The number of esters is 1. The number of nitrogens with zero attached hydrogens (tertiary/aromatic N) is 2. The summed E-state index contributed by atoms with van der Waals surface area (Å²) in [5.41, 5.74) is -0.00424. The minimum atomic E-state index is -0.628. The fourth-order valence-corrected chi connectivity index (χ4v) is 4.28. The monoisotopic (exact) mass is 366 g/mol. The number of rotatable bonds is 3. The summed E-state index contributed by atoms with van der Waals surface area (Å²) in [6.45, 7) is 0. The van der Waals surface area contributed by atoms with E-state index in [1.54, 1.807) is 4.90 Å². The molecule has 25 heavy (non-hydrogen) atoms. The summed E-state index contributed by atoms with van der Waals surface area (Å²) in [7, 11) is 1.31. The molecule has 1 aromatic carbocycles. The molecular weight excluding hydrogens is 348 g/mol. The van der Waals surface area contributed by atoms with E-state index < -0.39 is 16.9 Å². The molecule has 1 aliphatic heterocycles. The molecule has 0 radical (unpaired) electrons. The van der Waals surface area contributed by atoms with Gasteiger partial charge in [0.25, 0.3) is 11.6 Å². The lowest BCUT2D eigenvalue weighted by molar-refractivity contribution is -0.384. The predicted octanol–water partition coefficient (Wildman–Crippen LogP) is 3.19. The van der Waals surface area contributed by atoms with Gasteiger partial charge in [0.1, 0.15) is 6.04 Å². The summed E-state index contributed by atoms with van der Waals surface area (Å²) in [5.74, 6) is -0.524. The van der Waals surface area contributed by atoms with Crippen molar-refractivity contribution in [2.24, 2.45) is 5.92 Å². The van der Waals surface area contributed by atoms with Crippen molar-refractivity contribution in [1.29, 1.82) is 0 Å². The van der Waals surface area contributed by atoms with E-state index in [1.165, 1.54) is 19.2 Å². The molecule has 0 N–H and O–H groups in total. The van der Waals surface area contributed by atoms with Crippen molar-refractivity contribution in [1.82, 2.24) is 4.90 Å². The minimum Gasteiger partial charge on any atom is -0.467 e. The normalized spacial score (nSPS) is 25.4. The van der Waals surface area contributed by atoms with Crippen LogP contribution in [0.5, 0.6) is 0 Å². The average Bonchev–Trinajstić information content (AvgIpc) is 2.99. The summed E-state index contributed by atoms with van der Waals surface area (Å²) in [6, 6.07) is 3.12. The van der Waals surface area contributed by atoms with E-state index in [1.807, 2.05) is 0 Å². The summed E-state index contributed by atoms with van der Waals surface area (Å²) in [6.07, 6.45) is 4.51. The molecule has 0 spiro atoms. The maximum absolute atomic E-state index is 13.1. The number of fused-ring (bicyclic) bond motifs is 1. The molecule has 2 fully saturated rings. The van der Waals surface area contributed by atoms with Crippen molar-refractivity contribution < 1.29 is 19.2 Å². The van der Waals surface area contributed by atoms with Gasteiger partial charge >= 0.3 is 5.97 Å². The highest BCUT2D eigenvalue weighted by Gasteiger charge is 2.48. The van der Waals surface area contributed by atoms with Crippen LogP contribution in [0.25, 0.3) is 0 Å². The van der Waals surface area contributed by atoms with E-state index in [2.05, 4.69) is 0 Å².